The molecule has 2 N–H and O–H groups in total. The van der Waals surface area contributed by atoms with Crippen molar-refractivity contribution in [2.24, 2.45) is 11.1 Å². The molecule has 4 heteroatoms. The molecule has 0 saturated carbocycles. The summed E-state index contributed by atoms with van der Waals surface area (Å²) in [6.45, 7) is 9.20. The lowest BCUT2D eigenvalue weighted by Gasteiger charge is -2.44. The SMILES string of the molecule is CCC1(CC)CCN(C(c2ccc(Br)s2)C(C)N)CC1. The first kappa shape index (κ1) is 16.5. The van der Waals surface area contributed by atoms with Crippen LogP contribution in [0.15, 0.2) is 15.9 Å². The predicted octanol–water partition coefficient (Wildman–Crippen LogP) is 4.80. The van der Waals surface area contributed by atoms with Gasteiger partial charge in [0.1, 0.15) is 0 Å². The largest absolute Gasteiger partial charge is 0.326 e. The lowest BCUT2D eigenvalue weighted by Crippen LogP contribution is -2.46. The van der Waals surface area contributed by atoms with Gasteiger partial charge in [-0.25, -0.2) is 0 Å². The number of piperidine rings is 1. The van der Waals surface area contributed by atoms with E-state index < -0.39 is 0 Å². The van der Waals surface area contributed by atoms with Gasteiger partial charge in [-0.2, -0.15) is 0 Å². The molecule has 2 rings (SSSR count). The van der Waals surface area contributed by atoms with Gasteiger partial charge >= 0.3 is 0 Å². The van der Waals surface area contributed by atoms with Crippen molar-refractivity contribution in [1.82, 2.24) is 4.90 Å². The predicted molar refractivity (Wildman–Crippen MR) is 92.2 cm³/mol. The van der Waals surface area contributed by atoms with Crippen molar-refractivity contribution >= 4 is 27.3 Å². The summed E-state index contributed by atoms with van der Waals surface area (Å²) in [5, 5.41) is 0. The van der Waals surface area contributed by atoms with E-state index in [1.807, 2.05) is 11.3 Å². The van der Waals surface area contributed by atoms with Crippen LogP contribution in [0, 0.1) is 5.41 Å². The number of nitrogens with zero attached hydrogens (tertiary/aromatic N) is 1. The van der Waals surface area contributed by atoms with Crippen LogP contribution in [0.25, 0.3) is 0 Å². The summed E-state index contributed by atoms with van der Waals surface area (Å²) >= 11 is 5.40. The molecule has 0 amide bonds. The number of likely N-dealkylation sites (tertiary alicyclic amines) is 1. The van der Waals surface area contributed by atoms with Gasteiger partial charge in [0.25, 0.3) is 0 Å². The average Bonchev–Trinajstić information content (AvgIpc) is 2.86. The van der Waals surface area contributed by atoms with Crippen LogP contribution in [-0.4, -0.2) is 24.0 Å². The van der Waals surface area contributed by atoms with Crippen molar-refractivity contribution in [2.45, 2.75) is 58.5 Å². The fourth-order valence-corrected chi connectivity index (χ4v) is 5.17. The highest BCUT2D eigenvalue weighted by molar-refractivity contribution is 9.11. The zero-order chi connectivity index (χ0) is 14.8. The van der Waals surface area contributed by atoms with E-state index in [-0.39, 0.29) is 6.04 Å². The van der Waals surface area contributed by atoms with Crippen molar-refractivity contribution in [3.05, 3.63) is 20.8 Å². The summed E-state index contributed by atoms with van der Waals surface area (Å²) < 4.78 is 1.20. The summed E-state index contributed by atoms with van der Waals surface area (Å²) in [6.07, 6.45) is 5.25. The molecule has 2 nitrogen and oxygen atoms in total. The van der Waals surface area contributed by atoms with Gasteiger partial charge in [-0.05, 0) is 66.3 Å². The molecule has 1 aromatic rings. The van der Waals surface area contributed by atoms with E-state index >= 15 is 0 Å². The summed E-state index contributed by atoms with van der Waals surface area (Å²) in [4.78, 5) is 4.00. The Balaban J connectivity index is 2.10. The highest BCUT2D eigenvalue weighted by atomic mass is 79.9. The Morgan fingerprint density at radius 2 is 1.90 bits per heavy atom. The standard InChI is InChI=1S/C16H27BrN2S/c1-4-16(5-2)8-10-19(11-9-16)15(12(3)18)13-6-7-14(17)20-13/h6-7,12,15H,4-5,8-11,18H2,1-3H3. The maximum absolute atomic E-state index is 6.29. The first-order valence-corrected chi connectivity index (χ1v) is 9.37. The van der Waals surface area contributed by atoms with E-state index in [2.05, 4.69) is 53.7 Å². The van der Waals surface area contributed by atoms with Gasteiger partial charge in [0.05, 0.1) is 9.83 Å². The molecule has 1 aromatic heterocycles. The lowest BCUT2D eigenvalue weighted by atomic mass is 9.74. The molecule has 0 aromatic carbocycles. The van der Waals surface area contributed by atoms with E-state index in [0.29, 0.717) is 11.5 Å². The monoisotopic (exact) mass is 358 g/mol. The van der Waals surface area contributed by atoms with Crippen LogP contribution < -0.4 is 5.73 Å². The van der Waals surface area contributed by atoms with Gasteiger partial charge in [-0.3, -0.25) is 4.90 Å². The fourth-order valence-electron chi connectivity index (χ4n) is 3.49. The molecular weight excluding hydrogens is 332 g/mol. The fraction of sp³-hybridized carbons (Fsp3) is 0.750. The maximum Gasteiger partial charge on any atom is 0.0702 e. The number of nitrogens with two attached hydrogens (primary N) is 1. The zero-order valence-corrected chi connectivity index (χ0v) is 15.3. The highest BCUT2D eigenvalue weighted by Crippen LogP contribution is 2.41. The van der Waals surface area contributed by atoms with Gasteiger partial charge in [0, 0.05) is 10.9 Å². The summed E-state index contributed by atoms with van der Waals surface area (Å²) in [6, 6.07) is 4.92. The topological polar surface area (TPSA) is 29.3 Å². The van der Waals surface area contributed by atoms with Gasteiger partial charge in [-0.1, -0.05) is 26.7 Å². The maximum atomic E-state index is 6.29. The Morgan fingerprint density at radius 1 is 1.30 bits per heavy atom. The quantitative estimate of drug-likeness (QED) is 0.818. The molecule has 2 heterocycles. The molecule has 0 aliphatic carbocycles. The van der Waals surface area contributed by atoms with E-state index in [0.717, 1.165) is 0 Å². The van der Waals surface area contributed by atoms with Crippen molar-refractivity contribution < 1.29 is 0 Å². The van der Waals surface area contributed by atoms with Crippen molar-refractivity contribution in [3.8, 4) is 0 Å². The first-order chi connectivity index (χ1) is 9.51. The van der Waals surface area contributed by atoms with E-state index in [1.165, 1.54) is 47.4 Å². The molecule has 20 heavy (non-hydrogen) atoms. The first-order valence-electron chi connectivity index (χ1n) is 7.76. The second-order valence-electron chi connectivity index (χ2n) is 6.19. The number of halogens is 1. The second kappa shape index (κ2) is 6.91. The van der Waals surface area contributed by atoms with Crippen molar-refractivity contribution in [3.63, 3.8) is 0 Å². The van der Waals surface area contributed by atoms with Crippen LogP contribution in [0.3, 0.4) is 0 Å². The number of hydrogen-bond donors (Lipinski definition) is 1. The van der Waals surface area contributed by atoms with Crippen LogP contribution in [0.1, 0.15) is 57.4 Å². The van der Waals surface area contributed by atoms with Gasteiger partial charge in [0.15, 0.2) is 0 Å². The number of rotatable bonds is 5. The Labute approximate surface area is 135 Å². The molecule has 114 valence electrons. The number of hydrogen-bond acceptors (Lipinski definition) is 3. The van der Waals surface area contributed by atoms with Crippen LogP contribution in [0.2, 0.25) is 0 Å². The van der Waals surface area contributed by atoms with E-state index in [9.17, 15) is 0 Å². The molecule has 0 spiro atoms. The Hall–Kier alpha value is 0.1000. The summed E-state index contributed by atoms with van der Waals surface area (Å²) in [5.74, 6) is 0. The minimum absolute atomic E-state index is 0.177. The Morgan fingerprint density at radius 3 is 2.30 bits per heavy atom. The molecule has 1 aliphatic rings. The molecule has 1 fully saturated rings. The third-order valence-corrected chi connectivity index (χ3v) is 6.83. The molecule has 1 aliphatic heterocycles. The average molecular weight is 359 g/mol. The smallest absolute Gasteiger partial charge is 0.0702 e. The third-order valence-electron chi connectivity index (χ3n) is 5.14. The summed E-state index contributed by atoms with van der Waals surface area (Å²) in [7, 11) is 0. The van der Waals surface area contributed by atoms with Crippen molar-refractivity contribution in [2.75, 3.05) is 13.1 Å². The van der Waals surface area contributed by atoms with Crippen LogP contribution in [-0.2, 0) is 0 Å². The molecule has 0 bridgehead atoms. The summed E-state index contributed by atoms with van der Waals surface area (Å²) in [5.41, 5.74) is 6.87. The van der Waals surface area contributed by atoms with Crippen molar-refractivity contribution in [1.29, 1.82) is 0 Å². The van der Waals surface area contributed by atoms with Gasteiger partial charge in [-0.15, -0.1) is 11.3 Å². The normalized spacial score (nSPS) is 22.6. The molecule has 1 saturated heterocycles. The Bertz CT molecular complexity index is 416. The van der Waals surface area contributed by atoms with Crippen LogP contribution >= 0.6 is 27.3 Å². The van der Waals surface area contributed by atoms with Gasteiger partial charge in [0.2, 0.25) is 0 Å². The Kier molecular flexibility index (Phi) is 5.69. The molecule has 2 unspecified atom stereocenters. The second-order valence-corrected chi connectivity index (χ2v) is 8.68. The van der Waals surface area contributed by atoms with E-state index in [1.54, 1.807) is 0 Å². The molecule has 2 atom stereocenters. The van der Waals surface area contributed by atoms with Gasteiger partial charge < -0.3 is 5.73 Å². The van der Waals surface area contributed by atoms with Crippen LogP contribution in [0.4, 0.5) is 0 Å². The van der Waals surface area contributed by atoms with Crippen LogP contribution in [0.5, 0.6) is 0 Å². The molecular formula is C16H27BrN2S. The molecule has 0 radical (unpaired) electrons. The zero-order valence-electron chi connectivity index (χ0n) is 12.9. The minimum Gasteiger partial charge on any atom is -0.326 e. The highest BCUT2D eigenvalue weighted by Gasteiger charge is 2.35. The third kappa shape index (κ3) is 3.46. The van der Waals surface area contributed by atoms with E-state index in [4.69, 9.17) is 5.73 Å². The minimum atomic E-state index is 0.177. The lowest BCUT2D eigenvalue weighted by molar-refractivity contribution is 0.0599. The number of thiophene rings is 1.